The van der Waals surface area contributed by atoms with Crippen molar-refractivity contribution in [3.05, 3.63) is 59.2 Å². The van der Waals surface area contributed by atoms with E-state index in [1.165, 1.54) is 5.56 Å². The summed E-state index contributed by atoms with van der Waals surface area (Å²) in [5, 5.41) is 3.54. The van der Waals surface area contributed by atoms with Crippen LogP contribution in [0.15, 0.2) is 42.5 Å². The summed E-state index contributed by atoms with van der Waals surface area (Å²) in [5.74, 6) is 1.70. The first-order chi connectivity index (χ1) is 13.6. The van der Waals surface area contributed by atoms with Gasteiger partial charge in [-0.05, 0) is 38.8 Å². The van der Waals surface area contributed by atoms with Crippen LogP contribution in [0.1, 0.15) is 42.5 Å². The number of ether oxygens (including phenoxy) is 2. The monoisotopic (exact) mass is 382 g/mol. The Morgan fingerprint density at radius 2 is 1.89 bits per heavy atom. The second kappa shape index (κ2) is 9.60. The van der Waals surface area contributed by atoms with Crippen LogP contribution in [0.3, 0.4) is 0 Å². The molecule has 1 fully saturated rings. The van der Waals surface area contributed by atoms with Gasteiger partial charge < -0.3 is 19.7 Å². The topological polar surface area (TPSA) is 50.8 Å². The molecule has 1 saturated heterocycles. The van der Waals surface area contributed by atoms with Crippen LogP contribution in [0.5, 0.6) is 11.5 Å². The second-order valence-electron chi connectivity index (χ2n) is 7.33. The Bertz CT molecular complexity index is 800. The molecule has 3 rings (SSSR count). The lowest BCUT2D eigenvalue weighted by Crippen LogP contribution is -2.32. The van der Waals surface area contributed by atoms with Crippen molar-refractivity contribution in [2.75, 3.05) is 26.8 Å². The molecule has 1 amide bonds. The van der Waals surface area contributed by atoms with E-state index in [2.05, 4.69) is 31.3 Å². The van der Waals surface area contributed by atoms with E-state index in [4.69, 9.17) is 9.47 Å². The maximum atomic E-state index is 12.3. The van der Waals surface area contributed by atoms with Crippen LogP contribution in [0.25, 0.3) is 0 Å². The SMILES string of the molecule is COc1ccc(C)cc1[C@@H](C)NCc1ccccc1OCC(=O)N1CCCC1. The van der Waals surface area contributed by atoms with Gasteiger partial charge in [0.2, 0.25) is 0 Å². The molecular weight excluding hydrogens is 352 g/mol. The number of hydrogen-bond donors (Lipinski definition) is 1. The number of benzene rings is 2. The Hall–Kier alpha value is -2.53. The number of carbonyl (C=O) groups excluding carboxylic acids is 1. The molecular formula is C23H30N2O3. The van der Waals surface area contributed by atoms with Crippen LogP contribution in [0.4, 0.5) is 0 Å². The zero-order chi connectivity index (χ0) is 19.9. The normalized spacial score (nSPS) is 14.8. The number of nitrogens with one attached hydrogen (secondary N) is 1. The summed E-state index contributed by atoms with van der Waals surface area (Å²) in [4.78, 5) is 14.1. The molecule has 0 spiro atoms. The lowest BCUT2D eigenvalue weighted by Gasteiger charge is -2.20. The fourth-order valence-corrected chi connectivity index (χ4v) is 3.55. The van der Waals surface area contributed by atoms with E-state index in [1.54, 1.807) is 7.11 Å². The van der Waals surface area contributed by atoms with Crippen molar-refractivity contribution in [2.45, 2.75) is 39.3 Å². The average Bonchev–Trinajstić information content (AvgIpc) is 3.25. The highest BCUT2D eigenvalue weighted by molar-refractivity contribution is 5.78. The Kier molecular flexibility index (Phi) is 6.93. The Balaban J connectivity index is 1.61. The summed E-state index contributed by atoms with van der Waals surface area (Å²) in [6.45, 7) is 6.64. The predicted octanol–water partition coefficient (Wildman–Crippen LogP) is 3.86. The maximum absolute atomic E-state index is 12.3. The third-order valence-electron chi connectivity index (χ3n) is 5.23. The van der Waals surface area contributed by atoms with Crippen LogP contribution in [0.2, 0.25) is 0 Å². The summed E-state index contributed by atoms with van der Waals surface area (Å²) < 4.78 is 11.4. The van der Waals surface area contributed by atoms with E-state index in [9.17, 15) is 4.79 Å². The van der Waals surface area contributed by atoms with Crippen LogP contribution < -0.4 is 14.8 Å². The number of rotatable bonds is 8. The number of nitrogens with zero attached hydrogens (tertiary/aromatic N) is 1. The van der Waals surface area contributed by atoms with Gasteiger partial charge in [0.15, 0.2) is 6.61 Å². The van der Waals surface area contributed by atoms with Gasteiger partial charge in [-0.1, -0.05) is 35.9 Å². The Labute approximate surface area is 167 Å². The van der Waals surface area contributed by atoms with E-state index in [0.717, 1.165) is 48.6 Å². The van der Waals surface area contributed by atoms with Gasteiger partial charge in [0, 0.05) is 36.8 Å². The van der Waals surface area contributed by atoms with Gasteiger partial charge >= 0.3 is 0 Å². The minimum Gasteiger partial charge on any atom is -0.496 e. The van der Waals surface area contributed by atoms with E-state index < -0.39 is 0 Å². The standard InChI is InChI=1S/C23H30N2O3/c1-17-10-11-22(27-3)20(14-17)18(2)24-15-19-8-4-5-9-21(19)28-16-23(26)25-12-6-7-13-25/h4-5,8-11,14,18,24H,6-7,12-13,15-16H2,1-3H3/t18-/m1/s1. The minimum absolute atomic E-state index is 0.0677. The zero-order valence-corrected chi connectivity index (χ0v) is 17.0. The van der Waals surface area contributed by atoms with Crippen molar-refractivity contribution in [1.82, 2.24) is 10.2 Å². The largest absolute Gasteiger partial charge is 0.496 e. The van der Waals surface area contributed by atoms with Gasteiger partial charge in [-0.3, -0.25) is 4.79 Å². The molecule has 2 aromatic carbocycles. The minimum atomic E-state index is 0.0677. The lowest BCUT2D eigenvalue weighted by molar-refractivity contribution is -0.132. The number of carbonyl (C=O) groups is 1. The van der Waals surface area contributed by atoms with Crippen molar-refractivity contribution in [3.8, 4) is 11.5 Å². The quantitative estimate of drug-likeness (QED) is 0.753. The molecule has 0 saturated carbocycles. The van der Waals surface area contributed by atoms with Crippen LogP contribution in [0, 0.1) is 6.92 Å². The molecule has 0 aromatic heterocycles. The van der Waals surface area contributed by atoms with Crippen LogP contribution in [-0.2, 0) is 11.3 Å². The predicted molar refractivity (Wildman–Crippen MR) is 111 cm³/mol. The van der Waals surface area contributed by atoms with Gasteiger partial charge in [0.25, 0.3) is 5.91 Å². The number of para-hydroxylation sites is 1. The molecule has 1 aliphatic rings. The van der Waals surface area contributed by atoms with Crippen LogP contribution in [-0.4, -0.2) is 37.6 Å². The molecule has 0 bridgehead atoms. The highest BCUT2D eigenvalue weighted by atomic mass is 16.5. The molecule has 2 aromatic rings. The fourth-order valence-electron chi connectivity index (χ4n) is 3.55. The highest BCUT2D eigenvalue weighted by Gasteiger charge is 2.19. The highest BCUT2D eigenvalue weighted by Crippen LogP contribution is 2.27. The summed E-state index contributed by atoms with van der Waals surface area (Å²) in [7, 11) is 1.70. The molecule has 150 valence electrons. The molecule has 1 heterocycles. The van der Waals surface area contributed by atoms with Crippen molar-refractivity contribution in [3.63, 3.8) is 0 Å². The molecule has 1 aliphatic heterocycles. The Morgan fingerprint density at radius 3 is 2.64 bits per heavy atom. The number of methoxy groups -OCH3 is 1. The van der Waals surface area contributed by atoms with E-state index in [-0.39, 0.29) is 18.6 Å². The summed E-state index contributed by atoms with van der Waals surface area (Å²) in [6.07, 6.45) is 2.18. The first-order valence-electron chi connectivity index (χ1n) is 9.95. The van der Waals surface area contributed by atoms with Gasteiger partial charge in [-0.2, -0.15) is 0 Å². The summed E-state index contributed by atoms with van der Waals surface area (Å²) in [6, 6.07) is 14.2. The van der Waals surface area contributed by atoms with Gasteiger partial charge in [0.05, 0.1) is 7.11 Å². The number of likely N-dealkylation sites (tertiary alicyclic amines) is 1. The van der Waals surface area contributed by atoms with Crippen molar-refractivity contribution in [2.24, 2.45) is 0 Å². The summed E-state index contributed by atoms with van der Waals surface area (Å²) in [5.41, 5.74) is 3.37. The molecule has 5 heteroatoms. The zero-order valence-electron chi connectivity index (χ0n) is 17.0. The van der Waals surface area contributed by atoms with Gasteiger partial charge in [-0.15, -0.1) is 0 Å². The fraction of sp³-hybridized carbons (Fsp3) is 0.435. The van der Waals surface area contributed by atoms with Crippen LogP contribution >= 0.6 is 0 Å². The smallest absolute Gasteiger partial charge is 0.260 e. The van der Waals surface area contributed by atoms with Crippen molar-refractivity contribution in [1.29, 1.82) is 0 Å². The van der Waals surface area contributed by atoms with Gasteiger partial charge in [0.1, 0.15) is 11.5 Å². The Morgan fingerprint density at radius 1 is 1.14 bits per heavy atom. The number of amides is 1. The van der Waals surface area contributed by atoms with E-state index >= 15 is 0 Å². The first kappa shape index (κ1) is 20.2. The molecule has 5 nitrogen and oxygen atoms in total. The molecule has 0 unspecified atom stereocenters. The number of hydrogen-bond acceptors (Lipinski definition) is 4. The maximum Gasteiger partial charge on any atom is 0.260 e. The molecule has 1 N–H and O–H groups in total. The third kappa shape index (κ3) is 5.04. The van der Waals surface area contributed by atoms with Gasteiger partial charge in [-0.25, -0.2) is 0 Å². The van der Waals surface area contributed by atoms with E-state index in [0.29, 0.717) is 6.54 Å². The third-order valence-corrected chi connectivity index (χ3v) is 5.23. The average molecular weight is 383 g/mol. The van der Waals surface area contributed by atoms with Crippen molar-refractivity contribution >= 4 is 5.91 Å². The second-order valence-corrected chi connectivity index (χ2v) is 7.33. The molecule has 1 atom stereocenters. The molecule has 0 aliphatic carbocycles. The van der Waals surface area contributed by atoms with Crippen molar-refractivity contribution < 1.29 is 14.3 Å². The summed E-state index contributed by atoms with van der Waals surface area (Å²) >= 11 is 0. The molecule has 0 radical (unpaired) electrons. The van der Waals surface area contributed by atoms with E-state index in [1.807, 2.05) is 35.2 Å². The molecule has 28 heavy (non-hydrogen) atoms. The first-order valence-corrected chi connectivity index (χ1v) is 9.95. The number of aryl methyl sites for hydroxylation is 1. The lowest BCUT2D eigenvalue weighted by atomic mass is 10.0.